The molecule has 0 radical (unpaired) electrons. The van der Waals surface area contributed by atoms with E-state index in [2.05, 4.69) is 46.8 Å². The van der Waals surface area contributed by atoms with Gasteiger partial charge >= 0.3 is 0 Å². The SMILES string of the molecule is O=C(CCc1ccc(F)cc1)Nc1nonc1/C=N/ONc1ccc(F)c(Br)c1. The summed E-state index contributed by atoms with van der Waals surface area (Å²) in [5.74, 6) is -0.993. The molecule has 3 rings (SSSR count). The first-order chi connectivity index (χ1) is 14.0. The molecular formula is C18H14BrF2N5O3. The van der Waals surface area contributed by atoms with Crippen molar-refractivity contribution in [1.82, 2.24) is 10.3 Å². The van der Waals surface area contributed by atoms with E-state index in [1.165, 1.54) is 36.5 Å². The summed E-state index contributed by atoms with van der Waals surface area (Å²) in [6, 6.07) is 10.1. The van der Waals surface area contributed by atoms with Gasteiger partial charge in [0.2, 0.25) is 11.7 Å². The molecule has 0 bridgehead atoms. The zero-order valence-corrected chi connectivity index (χ0v) is 16.3. The maximum atomic E-state index is 13.2. The maximum absolute atomic E-state index is 13.2. The van der Waals surface area contributed by atoms with Crippen molar-refractivity contribution in [2.45, 2.75) is 12.8 Å². The molecule has 1 amide bonds. The van der Waals surface area contributed by atoms with E-state index in [1.54, 1.807) is 12.1 Å². The molecule has 0 saturated carbocycles. The quantitative estimate of drug-likeness (QED) is 0.384. The molecule has 29 heavy (non-hydrogen) atoms. The van der Waals surface area contributed by atoms with E-state index in [-0.39, 0.29) is 34.1 Å². The van der Waals surface area contributed by atoms with Crippen molar-refractivity contribution in [1.29, 1.82) is 0 Å². The third-order valence-corrected chi connectivity index (χ3v) is 4.24. The lowest BCUT2D eigenvalue weighted by atomic mass is 10.1. The van der Waals surface area contributed by atoms with Crippen LogP contribution in [0.25, 0.3) is 0 Å². The lowest BCUT2D eigenvalue weighted by Gasteiger charge is -2.03. The minimum atomic E-state index is -0.410. The Morgan fingerprint density at radius 3 is 2.76 bits per heavy atom. The van der Waals surface area contributed by atoms with Crippen LogP contribution in [-0.4, -0.2) is 22.4 Å². The van der Waals surface area contributed by atoms with Gasteiger partial charge in [0.05, 0.1) is 10.2 Å². The number of nitrogens with one attached hydrogen (secondary N) is 2. The fourth-order valence-corrected chi connectivity index (χ4v) is 2.56. The summed E-state index contributed by atoms with van der Waals surface area (Å²) < 4.78 is 30.9. The largest absolute Gasteiger partial charge is 0.306 e. The van der Waals surface area contributed by atoms with Crippen LogP contribution >= 0.6 is 15.9 Å². The Labute approximate surface area is 172 Å². The Kier molecular flexibility index (Phi) is 6.85. The smallest absolute Gasteiger partial charge is 0.226 e. The number of aromatic nitrogens is 2. The van der Waals surface area contributed by atoms with Crippen LogP contribution in [0.1, 0.15) is 17.7 Å². The van der Waals surface area contributed by atoms with Gasteiger partial charge in [-0.25, -0.2) is 13.4 Å². The van der Waals surface area contributed by atoms with Gasteiger partial charge in [-0.2, -0.15) is 5.48 Å². The molecule has 0 saturated heterocycles. The molecule has 0 fully saturated rings. The van der Waals surface area contributed by atoms with Crippen LogP contribution in [0.3, 0.4) is 0 Å². The molecule has 8 nitrogen and oxygen atoms in total. The van der Waals surface area contributed by atoms with Crippen LogP contribution < -0.4 is 10.8 Å². The molecule has 0 atom stereocenters. The van der Waals surface area contributed by atoms with Crippen LogP contribution in [0.4, 0.5) is 20.3 Å². The molecule has 1 aromatic heterocycles. The second-order valence-electron chi connectivity index (χ2n) is 5.73. The van der Waals surface area contributed by atoms with Crippen LogP contribution in [0.5, 0.6) is 0 Å². The Morgan fingerprint density at radius 2 is 2.00 bits per heavy atom. The van der Waals surface area contributed by atoms with Gasteiger partial charge in [-0.15, -0.1) is 0 Å². The zero-order chi connectivity index (χ0) is 20.6. The second-order valence-corrected chi connectivity index (χ2v) is 6.58. The number of nitrogens with zero attached hydrogens (tertiary/aromatic N) is 3. The Balaban J connectivity index is 1.49. The van der Waals surface area contributed by atoms with E-state index >= 15 is 0 Å². The Hall–Kier alpha value is -3.34. The third-order valence-electron chi connectivity index (χ3n) is 3.64. The number of aryl methyl sites for hydroxylation is 1. The molecule has 2 N–H and O–H groups in total. The third kappa shape index (κ3) is 6.07. The average molecular weight is 466 g/mol. The number of hydrogen-bond acceptors (Lipinski definition) is 7. The highest BCUT2D eigenvalue weighted by molar-refractivity contribution is 9.10. The number of carbonyl (C=O) groups excluding carboxylic acids is 1. The van der Waals surface area contributed by atoms with Gasteiger partial charge in [-0.1, -0.05) is 17.3 Å². The lowest BCUT2D eigenvalue weighted by molar-refractivity contribution is -0.116. The zero-order valence-electron chi connectivity index (χ0n) is 14.7. The summed E-state index contributed by atoms with van der Waals surface area (Å²) in [6.07, 6.45) is 1.77. The molecule has 150 valence electrons. The van der Waals surface area contributed by atoms with E-state index in [9.17, 15) is 13.6 Å². The topological polar surface area (TPSA) is 102 Å². The van der Waals surface area contributed by atoms with E-state index < -0.39 is 5.82 Å². The monoisotopic (exact) mass is 465 g/mol. The van der Waals surface area contributed by atoms with Gasteiger partial charge in [0.1, 0.15) is 17.8 Å². The van der Waals surface area contributed by atoms with E-state index in [1.807, 2.05) is 0 Å². The maximum Gasteiger partial charge on any atom is 0.226 e. The molecule has 3 aromatic rings. The number of amides is 1. The summed E-state index contributed by atoms with van der Waals surface area (Å²) >= 11 is 3.05. The summed E-state index contributed by atoms with van der Waals surface area (Å²) in [7, 11) is 0. The lowest BCUT2D eigenvalue weighted by Crippen LogP contribution is -2.14. The van der Waals surface area contributed by atoms with Crippen LogP contribution in [0.2, 0.25) is 0 Å². The summed E-state index contributed by atoms with van der Waals surface area (Å²) in [6.45, 7) is 0. The highest BCUT2D eigenvalue weighted by Crippen LogP contribution is 2.20. The molecule has 0 spiro atoms. The van der Waals surface area contributed by atoms with E-state index in [0.29, 0.717) is 12.1 Å². The van der Waals surface area contributed by atoms with Crippen molar-refractivity contribution in [2.75, 3.05) is 10.8 Å². The van der Waals surface area contributed by atoms with Crippen molar-refractivity contribution in [2.24, 2.45) is 5.16 Å². The fraction of sp³-hybridized carbons (Fsp3) is 0.111. The number of benzene rings is 2. The predicted octanol–water partition coefficient (Wildman–Crippen LogP) is 4.06. The predicted molar refractivity (Wildman–Crippen MR) is 104 cm³/mol. The fourth-order valence-electron chi connectivity index (χ4n) is 2.19. The molecule has 11 heteroatoms. The minimum absolute atomic E-state index is 0.0750. The molecule has 0 aliphatic carbocycles. The van der Waals surface area contributed by atoms with Crippen molar-refractivity contribution < 1.29 is 23.1 Å². The molecule has 1 heterocycles. The van der Waals surface area contributed by atoms with Gasteiger partial charge in [-0.3, -0.25) is 9.73 Å². The van der Waals surface area contributed by atoms with E-state index in [4.69, 9.17) is 4.94 Å². The summed E-state index contributed by atoms with van der Waals surface area (Å²) in [4.78, 5) is 16.9. The average Bonchev–Trinajstić information content (AvgIpc) is 3.14. The van der Waals surface area contributed by atoms with Crippen LogP contribution in [-0.2, 0) is 16.2 Å². The first kappa shape index (κ1) is 20.4. The van der Waals surface area contributed by atoms with Crippen molar-refractivity contribution in [3.63, 3.8) is 0 Å². The first-order valence-corrected chi connectivity index (χ1v) is 9.08. The molecule has 0 aliphatic heterocycles. The molecule has 0 aliphatic rings. The van der Waals surface area contributed by atoms with Gasteiger partial charge in [0, 0.05) is 6.42 Å². The summed E-state index contributed by atoms with van der Waals surface area (Å²) in [5.41, 5.74) is 3.92. The van der Waals surface area contributed by atoms with Crippen LogP contribution in [0, 0.1) is 11.6 Å². The molecule has 0 unspecified atom stereocenters. The number of carbonyl (C=O) groups is 1. The van der Waals surface area contributed by atoms with Gasteiger partial charge in [0.15, 0.2) is 5.69 Å². The number of hydrogen-bond donors (Lipinski definition) is 2. The van der Waals surface area contributed by atoms with Gasteiger partial charge in [0.25, 0.3) is 0 Å². The van der Waals surface area contributed by atoms with Crippen molar-refractivity contribution in [3.05, 3.63) is 69.8 Å². The number of halogens is 3. The van der Waals surface area contributed by atoms with Crippen molar-refractivity contribution >= 4 is 39.6 Å². The standard InChI is InChI=1S/C18H14BrF2N5O3/c19-14-9-13(6-7-15(14)21)24-28-22-10-16-18(26-29-25-16)23-17(27)8-3-11-1-4-12(20)5-2-11/h1-2,4-7,9-10,24H,3,8H2,(H,23,26,27)/b22-10+. The van der Waals surface area contributed by atoms with Gasteiger partial charge < -0.3 is 5.32 Å². The number of rotatable bonds is 8. The minimum Gasteiger partial charge on any atom is -0.306 e. The Morgan fingerprint density at radius 1 is 1.21 bits per heavy atom. The Bertz CT molecular complexity index is 1010. The highest BCUT2D eigenvalue weighted by Gasteiger charge is 2.12. The van der Waals surface area contributed by atoms with Crippen molar-refractivity contribution in [3.8, 4) is 0 Å². The molecular weight excluding hydrogens is 452 g/mol. The highest BCUT2D eigenvalue weighted by atomic mass is 79.9. The summed E-state index contributed by atoms with van der Waals surface area (Å²) in [5, 5.41) is 13.4. The number of oxime groups is 1. The van der Waals surface area contributed by atoms with Crippen LogP contribution in [0.15, 0.2) is 56.7 Å². The number of anilines is 2. The normalized spacial score (nSPS) is 10.9. The van der Waals surface area contributed by atoms with Gasteiger partial charge in [-0.05, 0) is 68.6 Å². The molecule has 2 aromatic carbocycles. The second kappa shape index (κ2) is 9.73. The van der Waals surface area contributed by atoms with E-state index in [0.717, 1.165) is 5.56 Å². The first-order valence-electron chi connectivity index (χ1n) is 8.28.